The van der Waals surface area contributed by atoms with Crippen LogP contribution in [0.25, 0.3) is 0 Å². The van der Waals surface area contributed by atoms with Crippen LogP contribution >= 0.6 is 0 Å². The second-order valence-corrected chi connectivity index (χ2v) is 8.60. The fourth-order valence-corrected chi connectivity index (χ4v) is 3.45. The van der Waals surface area contributed by atoms with Crippen molar-refractivity contribution in [2.75, 3.05) is 19.8 Å². The minimum absolute atomic E-state index is 0.0544. The Hall–Kier alpha value is -1.59. The number of carbonyl (C=O) groups is 3. The van der Waals surface area contributed by atoms with Gasteiger partial charge in [-0.15, -0.1) is 0 Å². The van der Waals surface area contributed by atoms with Crippen LogP contribution in [-0.4, -0.2) is 37.7 Å². The highest BCUT2D eigenvalue weighted by molar-refractivity contribution is 6.17. The molecule has 0 amide bonds. The molecule has 0 aromatic carbocycles. The van der Waals surface area contributed by atoms with Gasteiger partial charge >= 0.3 is 17.9 Å². The first-order valence-corrected chi connectivity index (χ1v) is 13.0. The fraction of sp³-hybridized carbons (Fsp3) is 0.885. The van der Waals surface area contributed by atoms with Crippen LogP contribution in [0.2, 0.25) is 0 Å². The number of hydrogen-bond acceptors (Lipinski definition) is 6. The number of carbonyl (C=O) groups excluding carboxylic acids is 3. The Morgan fingerprint density at radius 1 is 0.469 bits per heavy atom. The molecule has 0 aliphatic rings. The van der Waals surface area contributed by atoms with Gasteiger partial charge in [0.1, 0.15) is 0 Å². The average Bonchev–Trinajstić information content (AvgIpc) is 2.79. The maximum atomic E-state index is 13.1. The standard InChI is InChI=1S/C26H48O6/c1-5-9-13-16-20-30-23(27)26(19-12-8-4,24(28)31-21-17-14-10-6-2)25(29)32-22-18-15-11-7-3/h5-22H2,1-4H3. The lowest BCUT2D eigenvalue weighted by Gasteiger charge is -2.27. The summed E-state index contributed by atoms with van der Waals surface area (Å²) in [5.41, 5.74) is -2.02. The normalized spacial score (nSPS) is 11.2. The van der Waals surface area contributed by atoms with Gasteiger partial charge in [-0.1, -0.05) is 98.3 Å². The van der Waals surface area contributed by atoms with E-state index in [0.29, 0.717) is 25.7 Å². The Kier molecular flexibility index (Phi) is 19.1. The predicted octanol–water partition coefficient (Wildman–Crippen LogP) is 6.53. The predicted molar refractivity (Wildman–Crippen MR) is 127 cm³/mol. The molecule has 188 valence electrons. The molecule has 0 fully saturated rings. The largest absolute Gasteiger partial charge is 0.464 e. The fourth-order valence-electron chi connectivity index (χ4n) is 3.45. The molecule has 0 aliphatic carbocycles. The van der Waals surface area contributed by atoms with Crippen LogP contribution in [-0.2, 0) is 28.6 Å². The molecule has 0 N–H and O–H groups in total. The van der Waals surface area contributed by atoms with Crippen LogP contribution in [0, 0.1) is 5.41 Å². The van der Waals surface area contributed by atoms with Crippen LogP contribution in [0.3, 0.4) is 0 Å². The maximum Gasteiger partial charge on any atom is 0.335 e. The van der Waals surface area contributed by atoms with E-state index in [4.69, 9.17) is 14.2 Å². The Bertz CT molecular complexity index is 438. The van der Waals surface area contributed by atoms with Gasteiger partial charge in [-0.25, -0.2) is 0 Å². The van der Waals surface area contributed by atoms with Crippen LogP contribution in [0.1, 0.15) is 124 Å². The molecule has 0 unspecified atom stereocenters. The molecule has 0 aliphatic heterocycles. The highest BCUT2D eigenvalue weighted by Crippen LogP contribution is 2.31. The van der Waals surface area contributed by atoms with Crippen molar-refractivity contribution < 1.29 is 28.6 Å². The molecule has 0 aromatic heterocycles. The zero-order chi connectivity index (χ0) is 24.1. The van der Waals surface area contributed by atoms with Crippen LogP contribution in [0.5, 0.6) is 0 Å². The first kappa shape index (κ1) is 30.4. The van der Waals surface area contributed by atoms with Gasteiger partial charge in [0, 0.05) is 0 Å². The van der Waals surface area contributed by atoms with Crippen molar-refractivity contribution in [3.8, 4) is 0 Å². The Balaban J connectivity index is 5.34. The van der Waals surface area contributed by atoms with Crippen molar-refractivity contribution in [1.82, 2.24) is 0 Å². The molecule has 6 heteroatoms. The molecule has 6 nitrogen and oxygen atoms in total. The van der Waals surface area contributed by atoms with E-state index in [9.17, 15) is 14.4 Å². The zero-order valence-corrected chi connectivity index (χ0v) is 21.2. The summed E-state index contributed by atoms with van der Waals surface area (Å²) in [7, 11) is 0. The molecule has 0 aromatic rings. The topological polar surface area (TPSA) is 78.9 Å². The lowest BCUT2D eigenvalue weighted by atomic mass is 9.82. The molecule has 0 radical (unpaired) electrons. The van der Waals surface area contributed by atoms with E-state index in [1.165, 1.54) is 0 Å². The molecule has 0 atom stereocenters. The summed E-state index contributed by atoms with van der Waals surface area (Å²) in [6, 6.07) is 0. The quantitative estimate of drug-likeness (QED) is 0.0845. The summed E-state index contributed by atoms with van der Waals surface area (Å²) < 4.78 is 16.3. The molecular formula is C26H48O6. The summed E-state index contributed by atoms with van der Waals surface area (Å²) in [5, 5.41) is 0. The Morgan fingerprint density at radius 3 is 1.06 bits per heavy atom. The van der Waals surface area contributed by atoms with Crippen molar-refractivity contribution in [3.05, 3.63) is 0 Å². The minimum Gasteiger partial charge on any atom is -0.464 e. The number of unbranched alkanes of at least 4 members (excludes halogenated alkanes) is 10. The van der Waals surface area contributed by atoms with E-state index < -0.39 is 23.3 Å². The monoisotopic (exact) mass is 456 g/mol. The second kappa shape index (κ2) is 20.0. The number of esters is 3. The molecule has 0 bridgehead atoms. The SMILES string of the molecule is CCCCCCOC(=O)C(CCCC)(C(=O)OCCCCCC)C(=O)OCCCCCC. The van der Waals surface area contributed by atoms with Gasteiger partial charge in [-0.2, -0.15) is 0 Å². The summed E-state index contributed by atoms with van der Waals surface area (Å²) in [5.74, 6) is -2.46. The number of hydrogen-bond donors (Lipinski definition) is 0. The van der Waals surface area contributed by atoms with Crippen molar-refractivity contribution >= 4 is 17.9 Å². The summed E-state index contributed by atoms with van der Waals surface area (Å²) in [6.07, 6.45) is 12.6. The van der Waals surface area contributed by atoms with E-state index in [-0.39, 0.29) is 26.2 Å². The molecule has 0 rings (SSSR count). The van der Waals surface area contributed by atoms with Crippen molar-refractivity contribution in [3.63, 3.8) is 0 Å². The summed E-state index contributed by atoms with van der Waals surface area (Å²) in [4.78, 5) is 39.4. The van der Waals surface area contributed by atoms with Gasteiger partial charge in [0.15, 0.2) is 0 Å². The van der Waals surface area contributed by atoms with Crippen molar-refractivity contribution in [1.29, 1.82) is 0 Å². The first-order valence-electron chi connectivity index (χ1n) is 13.0. The van der Waals surface area contributed by atoms with Gasteiger partial charge in [0.25, 0.3) is 5.41 Å². The van der Waals surface area contributed by atoms with Crippen LogP contribution in [0.15, 0.2) is 0 Å². The van der Waals surface area contributed by atoms with Crippen molar-refractivity contribution in [2.45, 2.75) is 124 Å². The third kappa shape index (κ3) is 11.9. The van der Waals surface area contributed by atoms with Gasteiger partial charge in [-0.3, -0.25) is 14.4 Å². The molecule has 0 spiro atoms. The number of rotatable bonds is 21. The smallest absolute Gasteiger partial charge is 0.335 e. The molecular weight excluding hydrogens is 408 g/mol. The number of ether oxygens (including phenoxy) is 3. The lowest BCUT2D eigenvalue weighted by Crippen LogP contribution is -2.49. The van der Waals surface area contributed by atoms with E-state index in [0.717, 1.165) is 64.2 Å². The summed E-state index contributed by atoms with van der Waals surface area (Å²) >= 11 is 0. The van der Waals surface area contributed by atoms with E-state index in [2.05, 4.69) is 20.8 Å². The molecule has 32 heavy (non-hydrogen) atoms. The van der Waals surface area contributed by atoms with E-state index in [1.54, 1.807) is 0 Å². The van der Waals surface area contributed by atoms with Gasteiger partial charge in [-0.05, 0) is 25.7 Å². The lowest BCUT2D eigenvalue weighted by molar-refractivity contribution is -0.185. The van der Waals surface area contributed by atoms with Crippen LogP contribution in [0.4, 0.5) is 0 Å². The highest BCUT2D eigenvalue weighted by atomic mass is 16.6. The Morgan fingerprint density at radius 2 is 0.781 bits per heavy atom. The summed E-state index contributed by atoms with van der Waals surface area (Å²) in [6.45, 7) is 8.85. The van der Waals surface area contributed by atoms with Gasteiger partial charge in [0.05, 0.1) is 19.8 Å². The van der Waals surface area contributed by atoms with E-state index >= 15 is 0 Å². The molecule has 0 saturated carbocycles. The van der Waals surface area contributed by atoms with Crippen molar-refractivity contribution in [2.24, 2.45) is 5.41 Å². The van der Waals surface area contributed by atoms with Gasteiger partial charge < -0.3 is 14.2 Å². The minimum atomic E-state index is -2.02. The first-order chi connectivity index (χ1) is 15.5. The second-order valence-electron chi connectivity index (χ2n) is 8.60. The third-order valence-corrected chi connectivity index (χ3v) is 5.64. The van der Waals surface area contributed by atoms with Crippen LogP contribution < -0.4 is 0 Å². The van der Waals surface area contributed by atoms with E-state index in [1.807, 2.05) is 6.92 Å². The highest BCUT2D eigenvalue weighted by Gasteiger charge is 2.56. The third-order valence-electron chi connectivity index (χ3n) is 5.64. The molecule has 0 heterocycles. The molecule has 0 saturated heterocycles. The van der Waals surface area contributed by atoms with Gasteiger partial charge in [0.2, 0.25) is 0 Å². The zero-order valence-electron chi connectivity index (χ0n) is 21.2. The Labute approximate surface area is 196 Å². The maximum absolute atomic E-state index is 13.1. The average molecular weight is 457 g/mol.